The number of nitriles is 1. The van der Waals surface area contributed by atoms with Crippen LogP contribution in [-0.2, 0) is 6.42 Å². The quantitative estimate of drug-likeness (QED) is 0.817. The van der Waals surface area contributed by atoms with E-state index < -0.39 is 0 Å². The Morgan fingerprint density at radius 2 is 2.33 bits per heavy atom. The Labute approximate surface area is 89.7 Å². The molecule has 1 fully saturated rings. The zero-order chi connectivity index (χ0) is 11.0. The summed E-state index contributed by atoms with van der Waals surface area (Å²) in [5.74, 6) is 1.23. The van der Waals surface area contributed by atoms with Crippen LogP contribution in [-0.4, -0.2) is 9.78 Å². The van der Waals surface area contributed by atoms with Crippen molar-refractivity contribution in [2.24, 2.45) is 5.92 Å². The fourth-order valence-electron chi connectivity index (χ4n) is 1.95. The summed E-state index contributed by atoms with van der Waals surface area (Å²) in [5.41, 5.74) is 7.32. The maximum atomic E-state index is 9.00. The van der Waals surface area contributed by atoms with Gasteiger partial charge in [-0.3, -0.25) is 0 Å². The number of nitrogen functional groups attached to an aromatic ring is 1. The second-order valence-corrected chi connectivity index (χ2v) is 4.19. The van der Waals surface area contributed by atoms with E-state index in [4.69, 9.17) is 11.0 Å². The van der Waals surface area contributed by atoms with Crippen LogP contribution in [0.3, 0.4) is 0 Å². The number of aryl methyl sites for hydroxylation is 1. The summed E-state index contributed by atoms with van der Waals surface area (Å²) in [6, 6.07) is 2.47. The fraction of sp³-hybridized carbons (Fsp3) is 0.636. The van der Waals surface area contributed by atoms with Gasteiger partial charge in [-0.2, -0.15) is 10.4 Å². The van der Waals surface area contributed by atoms with Crippen LogP contribution in [0, 0.1) is 17.2 Å². The van der Waals surface area contributed by atoms with Crippen LogP contribution >= 0.6 is 0 Å². The summed E-state index contributed by atoms with van der Waals surface area (Å²) in [4.78, 5) is 0. The third kappa shape index (κ3) is 1.58. The van der Waals surface area contributed by atoms with Crippen LogP contribution in [0.1, 0.15) is 44.0 Å². The number of anilines is 1. The summed E-state index contributed by atoms with van der Waals surface area (Å²) >= 11 is 0. The van der Waals surface area contributed by atoms with Gasteiger partial charge in [0.1, 0.15) is 17.5 Å². The van der Waals surface area contributed by atoms with E-state index in [1.807, 2.05) is 11.6 Å². The van der Waals surface area contributed by atoms with Crippen molar-refractivity contribution in [2.75, 3.05) is 5.73 Å². The largest absolute Gasteiger partial charge is 0.383 e. The number of nitrogens with zero attached hydrogens (tertiary/aromatic N) is 3. The van der Waals surface area contributed by atoms with Crippen molar-refractivity contribution in [1.82, 2.24) is 9.78 Å². The summed E-state index contributed by atoms with van der Waals surface area (Å²) < 4.78 is 1.83. The van der Waals surface area contributed by atoms with Crippen molar-refractivity contribution in [3.8, 4) is 6.07 Å². The SMILES string of the molecule is CCc1nn(C(C)C2CC2)c(N)c1C#N. The first-order chi connectivity index (χ1) is 7.19. The van der Waals surface area contributed by atoms with Gasteiger partial charge >= 0.3 is 0 Å². The van der Waals surface area contributed by atoms with E-state index in [0.29, 0.717) is 23.3 Å². The highest BCUT2D eigenvalue weighted by Crippen LogP contribution is 2.40. The van der Waals surface area contributed by atoms with E-state index in [9.17, 15) is 0 Å². The Bertz CT molecular complexity index is 409. The van der Waals surface area contributed by atoms with Crippen molar-refractivity contribution < 1.29 is 0 Å². The maximum absolute atomic E-state index is 9.00. The lowest BCUT2D eigenvalue weighted by molar-refractivity contribution is 0.443. The molecule has 0 aliphatic heterocycles. The van der Waals surface area contributed by atoms with Gasteiger partial charge in [-0.1, -0.05) is 6.92 Å². The van der Waals surface area contributed by atoms with Gasteiger partial charge in [0, 0.05) is 0 Å². The lowest BCUT2D eigenvalue weighted by Crippen LogP contribution is -2.12. The van der Waals surface area contributed by atoms with Crippen molar-refractivity contribution in [2.45, 2.75) is 39.2 Å². The smallest absolute Gasteiger partial charge is 0.140 e. The van der Waals surface area contributed by atoms with Gasteiger partial charge < -0.3 is 5.73 Å². The Morgan fingerprint density at radius 1 is 1.67 bits per heavy atom. The summed E-state index contributed by atoms with van der Waals surface area (Å²) in [6.45, 7) is 4.12. The van der Waals surface area contributed by atoms with Gasteiger partial charge in [0.15, 0.2) is 0 Å². The van der Waals surface area contributed by atoms with E-state index in [0.717, 1.165) is 12.1 Å². The van der Waals surface area contributed by atoms with Gasteiger partial charge in [-0.05, 0) is 32.1 Å². The highest BCUT2D eigenvalue weighted by molar-refractivity contribution is 5.52. The first kappa shape index (κ1) is 10.0. The molecule has 1 heterocycles. The molecule has 0 saturated heterocycles. The first-order valence-corrected chi connectivity index (χ1v) is 5.46. The predicted octanol–water partition coefficient (Wildman–Crippen LogP) is 1.87. The Morgan fingerprint density at radius 3 is 2.73 bits per heavy atom. The minimum atomic E-state index is 0.331. The predicted molar refractivity (Wildman–Crippen MR) is 58.2 cm³/mol. The summed E-state index contributed by atoms with van der Waals surface area (Å²) in [6.07, 6.45) is 3.27. The zero-order valence-corrected chi connectivity index (χ0v) is 9.20. The highest BCUT2D eigenvalue weighted by atomic mass is 15.3. The highest BCUT2D eigenvalue weighted by Gasteiger charge is 2.31. The average molecular weight is 204 g/mol. The second kappa shape index (κ2) is 3.58. The van der Waals surface area contributed by atoms with Crippen LogP contribution < -0.4 is 5.73 Å². The molecule has 1 aromatic heterocycles. The van der Waals surface area contributed by atoms with Gasteiger partial charge in [0.2, 0.25) is 0 Å². The van der Waals surface area contributed by atoms with E-state index in [1.165, 1.54) is 12.8 Å². The molecule has 2 rings (SSSR count). The molecule has 0 aromatic carbocycles. The van der Waals surface area contributed by atoms with Crippen LogP contribution in [0.15, 0.2) is 0 Å². The molecular formula is C11H16N4. The van der Waals surface area contributed by atoms with Crippen LogP contribution in [0.5, 0.6) is 0 Å². The van der Waals surface area contributed by atoms with E-state index in [2.05, 4.69) is 18.1 Å². The molecule has 1 atom stereocenters. The molecule has 0 bridgehead atoms. The first-order valence-electron chi connectivity index (χ1n) is 5.46. The molecule has 1 aromatic rings. The lowest BCUT2D eigenvalue weighted by Gasteiger charge is -2.12. The average Bonchev–Trinajstić information content (AvgIpc) is 3.02. The molecule has 4 heteroatoms. The third-order valence-electron chi connectivity index (χ3n) is 3.16. The summed E-state index contributed by atoms with van der Waals surface area (Å²) in [7, 11) is 0. The standard InChI is InChI=1S/C11H16N4/c1-3-10-9(6-12)11(13)15(14-10)7(2)8-4-5-8/h7-8H,3-5,13H2,1-2H3. The Hall–Kier alpha value is -1.50. The van der Waals surface area contributed by atoms with Crippen molar-refractivity contribution in [1.29, 1.82) is 5.26 Å². The topological polar surface area (TPSA) is 67.6 Å². The summed E-state index contributed by atoms with van der Waals surface area (Å²) in [5, 5.41) is 13.4. The van der Waals surface area contributed by atoms with Gasteiger partial charge in [0.05, 0.1) is 11.7 Å². The molecule has 15 heavy (non-hydrogen) atoms. The van der Waals surface area contributed by atoms with Gasteiger partial charge in [0.25, 0.3) is 0 Å². The zero-order valence-electron chi connectivity index (χ0n) is 9.20. The van der Waals surface area contributed by atoms with Crippen molar-refractivity contribution in [3.05, 3.63) is 11.3 Å². The van der Waals surface area contributed by atoms with E-state index in [-0.39, 0.29) is 0 Å². The molecule has 0 radical (unpaired) electrons. The van der Waals surface area contributed by atoms with Gasteiger partial charge in [-0.15, -0.1) is 0 Å². The monoisotopic (exact) mass is 204 g/mol. The Kier molecular flexibility index (Phi) is 2.39. The van der Waals surface area contributed by atoms with Crippen LogP contribution in [0.4, 0.5) is 5.82 Å². The van der Waals surface area contributed by atoms with Crippen molar-refractivity contribution >= 4 is 5.82 Å². The number of hydrogen-bond donors (Lipinski definition) is 1. The number of rotatable bonds is 3. The van der Waals surface area contributed by atoms with E-state index >= 15 is 0 Å². The molecule has 4 nitrogen and oxygen atoms in total. The number of aromatic nitrogens is 2. The Balaban J connectivity index is 2.39. The molecule has 0 amide bonds. The molecule has 0 spiro atoms. The normalized spacial score (nSPS) is 17.4. The molecule has 1 unspecified atom stereocenters. The number of hydrogen-bond acceptors (Lipinski definition) is 3. The molecule has 2 N–H and O–H groups in total. The van der Waals surface area contributed by atoms with E-state index in [1.54, 1.807) is 0 Å². The molecule has 1 aliphatic rings. The van der Waals surface area contributed by atoms with Crippen molar-refractivity contribution in [3.63, 3.8) is 0 Å². The van der Waals surface area contributed by atoms with Crippen LogP contribution in [0.2, 0.25) is 0 Å². The maximum Gasteiger partial charge on any atom is 0.140 e. The van der Waals surface area contributed by atoms with Crippen LogP contribution in [0.25, 0.3) is 0 Å². The molecule has 1 saturated carbocycles. The van der Waals surface area contributed by atoms with Gasteiger partial charge in [-0.25, -0.2) is 4.68 Å². The molecular weight excluding hydrogens is 188 g/mol. The fourth-order valence-corrected chi connectivity index (χ4v) is 1.95. The number of nitrogens with two attached hydrogens (primary N) is 1. The molecule has 1 aliphatic carbocycles. The minimum absolute atomic E-state index is 0.331. The minimum Gasteiger partial charge on any atom is -0.383 e. The second-order valence-electron chi connectivity index (χ2n) is 4.19. The third-order valence-corrected chi connectivity index (χ3v) is 3.16. The molecule has 80 valence electrons. The lowest BCUT2D eigenvalue weighted by atomic mass is 10.2.